The summed E-state index contributed by atoms with van der Waals surface area (Å²) < 4.78 is 22.8. The van der Waals surface area contributed by atoms with Crippen molar-refractivity contribution in [2.24, 2.45) is 23.3 Å². The smallest absolute Gasteiger partial charge is 0.323 e. The molecule has 0 amide bonds. The lowest BCUT2D eigenvalue weighted by Gasteiger charge is -2.26. The molecule has 7 N–H and O–H groups in total. The van der Waals surface area contributed by atoms with Crippen LogP contribution >= 0.6 is 23.4 Å². The molecule has 15 heteroatoms. The van der Waals surface area contributed by atoms with Crippen molar-refractivity contribution in [3.8, 4) is 40.5 Å². The predicted molar refractivity (Wildman–Crippen MR) is 202 cm³/mol. The first-order valence-electron chi connectivity index (χ1n) is 17.0. The maximum Gasteiger partial charge on any atom is 0.323 e. The van der Waals surface area contributed by atoms with Gasteiger partial charge in [-0.1, -0.05) is 63.2 Å². The molecule has 0 saturated carbocycles. The van der Waals surface area contributed by atoms with Crippen LogP contribution in [0.3, 0.4) is 0 Å². The number of aromatic nitrogens is 2. The van der Waals surface area contributed by atoms with Crippen molar-refractivity contribution in [3.05, 3.63) is 76.6 Å². The molecule has 2 heterocycles. The number of carbonyl (C=O) groups is 1. The first kappa shape index (κ1) is 41.1. The highest BCUT2D eigenvalue weighted by atomic mass is 35.5. The summed E-state index contributed by atoms with van der Waals surface area (Å²) in [7, 11) is 0. The van der Waals surface area contributed by atoms with Gasteiger partial charge in [0.15, 0.2) is 6.29 Å². The first-order chi connectivity index (χ1) is 25.3. The number of rotatable bonds is 18. The Morgan fingerprint density at radius 2 is 1.58 bits per heavy atom. The summed E-state index contributed by atoms with van der Waals surface area (Å²) in [4.78, 5) is 21.4. The molecule has 0 saturated heterocycles. The lowest BCUT2D eigenvalue weighted by Crippen LogP contribution is -2.43. The molecule has 0 fully saturated rings. The lowest BCUT2D eigenvalue weighted by atomic mass is 9.97. The van der Waals surface area contributed by atoms with Gasteiger partial charge in [-0.15, -0.1) is 0 Å². The van der Waals surface area contributed by atoms with Crippen LogP contribution in [0.25, 0.3) is 22.6 Å². The summed E-state index contributed by atoms with van der Waals surface area (Å²) in [5.74, 6) is 0.948. The zero-order valence-corrected chi connectivity index (χ0v) is 31.6. The van der Waals surface area contributed by atoms with Gasteiger partial charge in [0.2, 0.25) is 5.89 Å². The maximum atomic E-state index is 12.5. The summed E-state index contributed by atoms with van der Waals surface area (Å²) in [6.45, 7) is 7.53. The van der Waals surface area contributed by atoms with Crippen molar-refractivity contribution in [1.29, 1.82) is 10.5 Å². The molecule has 0 spiro atoms. The summed E-state index contributed by atoms with van der Waals surface area (Å²) in [6, 6.07) is 16.6. The Balaban J connectivity index is 1.50. The molecule has 280 valence electrons. The van der Waals surface area contributed by atoms with E-state index in [9.17, 15) is 20.4 Å². The number of thioether (sulfide) groups is 1. The number of ether oxygens (including phenoxy) is 3. The van der Waals surface area contributed by atoms with Gasteiger partial charge in [-0.2, -0.15) is 10.5 Å². The number of aliphatic hydroxyl groups excluding tert-OH is 1. The van der Waals surface area contributed by atoms with Crippen molar-refractivity contribution in [2.45, 2.75) is 75.8 Å². The van der Waals surface area contributed by atoms with E-state index in [0.717, 1.165) is 5.56 Å². The number of halogens is 1. The third-order valence-electron chi connectivity index (χ3n) is 7.88. The highest BCUT2D eigenvalue weighted by Crippen LogP contribution is 2.37. The zero-order chi connectivity index (χ0) is 38.7. The fourth-order valence-electron chi connectivity index (χ4n) is 5.31. The second-order valence-electron chi connectivity index (χ2n) is 13.2. The highest BCUT2D eigenvalue weighted by molar-refractivity contribution is 7.98. The minimum Gasteiger partial charge on any atom is -0.491 e. The Hall–Kier alpha value is -4.67. The number of oxazole rings is 1. The molecule has 2 aromatic heterocycles. The molecule has 0 aliphatic rings. The number of carbonyl (C=O) groups excluding carboxylic acids is 1. The van der Waals surface area contributed by atoms with Gasteiger partial charge in [-0.25, -0.2) is 9.97 Å². The molecule has 53 heavy (non-hydrogen) atoms. The third kappa shape index (κ3) is 11.7. The predicted octanol–water partition coefficient (Wildman–Crippen LogP) is 6.05. The SMILES string of the molecule is CC(C)CC(N)C(=O)OCC(COc1ccc(-c2c(C#N)c(N)nc(SCc3coc(-c4ccc(Cl)cc4)n3)c2C#N)cc1)OC(O)C(N)CC(C)C. The highest BCUT2D eigenvalue weighted by Gasteiger charge is 2.26. The summed E-state index contributed by atoms with van der Waals surface area (Å²) in [5.41, 5.74) is 20.8. The van der Waals surface area contributed by atoms with Crippen molar-refractivity contribution in [2.75, 3.05) is 18.9 Å². The normalized spacial score (nSPS) is 13.6. The topological polar surface area (TPSA) is 230 Å². The summed E-state index contributed by atoms with van der Waals surface area (Å²) >= 11 is 7.23. The van der Waals surface area contributed by atoms with Gasteiger partial charge in [0, 0.05) is 21.9 Å². The number of anilines is 1. The van der Waals surface area contributed by atoms with E-state index in [0.29, 0.717) is 57.1 Å². The quantitative estimate of drug-likeness (QED) is 0.0514. The van der Waals surface area contributed by atoms with Gasteiger partial charge in [-0.3, -0.25) is 4.79 Å². The second-order valence-corrected chi connectivity index (χ2v) is 14.6. The van der Waals surface area contributed by atoms with Crippen molar-refractivity contribution in [1.82, 2.24) is 9.97 Å². The van der Waals surface area contributed by atoms with Crippen LogP contribution in [-0.2, 0) is 20.0 Å². The van der Waals surface area contributed by atoms with Gasteiger partial charge in [0.25, 0.3) is 0 Å². The Kier molecular flexibility index (Phi) is 15.1. The van der Waals surface area contributed by atoms with E-state index < -0.39 is 30.4 Å². The third-order valence-corrected chi connectivity index (χ3v) is 9.14. The van der Waals surface area contributed by atoms with Crippen molar-refractivity contribution >= 4 is 35.1 Å². The van der Waals surface area contributed by atoms with Gasteiger partial charge < -0.3 is 40.9 Å². The first-order valence-corrected chi connectivity index (χ1v) is 18.4. The van der Waals surface area contributed by atoms with Gasteiger partial charge >= 0.3 is 5.97 Å². The van der Waals surface area contributed by atoms with Gasteiger partial charge in [0.05, 0.1) is 17.3 Å². The molecule has 4 atom stereocenters. The fraction of sp³-hybridized carbons (Fsp3) is 0.395. The van der Waals surface area contributed by atoms with E-state index >= 15 is 0 Å². The molecule has 0 aliphatic carbocycles. The number of aliphatic hydroxyl groups is 1. The van der Waals surface area contributed by atoms with E-state index in [4.69, 9.17) is 47.4 Å². The van der Waals surface area contributed by atoms with Crippen LogP contribution in [0.4, 0.5) is 5.82 Å². The van der Waals surface area contributed by atoms with Crippen LogP contribution in [-0.4, -0.2) is 58.7 Å². The monoisotopic (exact) mass is 761 g/mol. The molecular formula is C38H44ClN7O6S. The number of hydrogen-bond acceptors (Lipinski definition) is 14. The van der Waals surface area contributed by atoms with Crippen LogP contribution in [0.1, 0.15) is 57.4 Å². The molecule has 2 aromatic carbocycles. The molecule has 4 aromatic rings. The largest absolute Gasteiger partial charge is 0.491 e. The van der Waals surface area contributed by atoms with Crippen molar-refractivity contribution in [3.63, 3.8) is 0 Å². The lowest BCUT2D eigenvalue weighted by molar-refractivity contribution is -0.179. The van der Waals surface area contributed by atoms with Crippen LogP contribution in [0.15, 0.2) is 64.2 Å². The number of nitrogen functional groups attached to an aromatic ring is 1. The molecule has 0 bridgehead atoms. The number of nitriles is 2. The Bertz CT molecular complexity index is 1910. The second kappa shape index (κ2) is 19.4. The van der Waals surface area contributed by atoms with E-state index in [1.807, 2.05) is 27.7 Å². The molecular weight excluding hydrogens is 718 g/mol. The zero-order valence-electron chi connectivity index (χ0n) is 30.0. The molecule has 0 aliphatic heterocycles. The Labute approximate surface area is 318 Å². The number of nitrogens with zero attached hydrogens (tertiary/aromatic N) is 4. The number of esters is 1. The fourth-order valence-corrected chi connectivity index (χ4v) is 6.31. The minimum absolute atomic E-state index is 0.0248. The number of pyridine rings is 1. The number of hydrogen-bond donors (Lipinski definition) is 4. The van der Waals surface area contributed by atoms with E-state index in [1.165, 1.54) is 18.0 Å². The average molecular weight is 762 g/mol. The standard InChI is InChI=1S/C38H44ClN7O6S/c1-21(2)13-31(42)37(47)51-19-28(52-38(48)32(43)14-22(3)4)18-49-27-11-7-23(8-12-27)33-29(15-40)34(44)46-36(30(33)16-41)53-20-26-17-50-35(45-26)24-5-9-25(39)10-6-24/h5-12,17,21-22,28,31-32,38,48H,13-14,18-20,42-43H2,1-4H3,(H2,44,46). The minimum atomic E-state index is -1.33. The van der Waals surface area contributed by atoms with E-state index in [1.54, 1.807) is 48.5 Å². The summed E-state index contributed by atoms with van der Waals surface area (Å²) in [6.07, 6.45) is 0.282. The average Bonchev–Trinajstić information content (AvgIpc) is 3.60. The number of benzene rings is 2. The van der Waals surface area contributed by atoms with E-state index in [-0.39, 0.29) is 42.0 Å². The van der Waals surface area contributed by atoms with Gasteiger partial charge in [-0.05, 0) is 66.6 Å². The van der Waals surface area contributed by atoms with Crippen LogP contribution < -0.4 is 21.9 Å². The Morgan fingerprint density at radius 1 is 0.943 bits per heavy atom. The van der Waals surface area contributed by atoms with Crippen LogP contribution in [0, 0.1) is 34.5 Å². The van der Waals surface area contributed by atoms with Crippen LogP contribution in [0.2, 0.25) is 5.02 Å². The van der Waals surface area contributed by atoms with E-state index in [2.05, 4.69) is 22.1 Å². The van der Waals surface area contributed by atoms with Gasteiger partial charge in [0.1, 0.15) is 65.9 Å². The van der Waals surface area contributed by atoms with Crippen LogP contribution in [0.5, 0.6) is 5.75 Å². The summed E-state index contributed by atoms with van der Waals surface area (Å²) in [5, 5.41) is 31.8. The maximum absolute atomic E-state index is 12.5. The van der Waals surface area contributed by atoms with Crippen molar-refractivity contribution < 1.29 is 28.5 Å². The Morgan fingerprint density at radius 3 is 2.21 bits per heavy atom. The number of nitrogens with two attached hydrogens (primary N) is 3. The molecule has 4 unspecified atom stereocenters. The molecule has 0 radical (unpaired) electrons. The molecule has 4 rings (SSSR count). The molecule has 13 nitrogen and oxygen atoms in total.